The maximum absolute atomic E-state index is 12.4. The Morgan fingerprint density at radius 2 is 2.16 bits per heavy atom. The number of amides is 1. The van der Waals surface area contributed by atoms with E-state index in [2.05, 4.69) is 20.8 Å². The van der Waals surface area contributed by atoms with Gasteiger partial charge in [0.2, 0.25) is 5.91 Å². The van der Waals surface area contributed by atoms with Crippen LogP contribution in [0.1, 0.15) is 19.8 Å². The fraction of sp³-hybridized carbons (Fsp3) is 0.429. The van der Waals surface area contributed by atoms with Crippen LogP contribution in [-0.2, 0) is 4.79 Å². The number of nitrogens with zero attached hydrogens (tertiary/aromatic N) is 1. The Hall–Kier alpha value is -1.88. The quantitative estimate of drug-likeness (QED) is 0.770. The third kappa shape index (κ3) is 2.33. The summed E-state index contributed by atoms with van der Waals surface area (Å²) in [6.07, 6.45) is 3.52. The molecule has 1 aliphatic heterocycles. The van der Waals surface area contributed by atoms with Crippen molar-refractivity contribution in [3.05, 3.63) is 24.4 Å². The number of hydrogen-bond donors (Lipinski definition) is 3. The first-order chi connectivity index (χ1) is 9.17. The molecule has 0 spiro atoms. The van der Waals surface area contributed by atoms with Crippen LogP contribution in [0.3, 0.4) is 0 Å². The van der Waals surface area contributed by atoms with E-state index in [0.29, 0.717) is 0 Å². The highest BCUT2D eigenvalue weighted by Crippen LogP contribution is 2.30. The molecule has 1 aliphatic rings. The van der Waals surface area contributed by atoms with Gasteiger partial charge in [0.05, 0.1) is 11.7 Å². The third-order valence-electron chi connectivity index (χ3n) is 3.95. The molecule has 0 aliphatic carbocycles. The SMILES string of the molecule is CC1(C(=O)Nc2ccc3[nH]ncc3c2)CCNCC1. The summed E-state index contributed by atoms with van der Waals surface area (Å²) in [5.74, 6) is 0.108. The molecule has 1 fully saturated rings. The molecule has 1 saturated heterocycles. The lowest BCUT2D eigenvalue weighted by molar-refractivity contribution is -0.126. The van der Waals surface area contributed by atoms with Gasteiger partial charge in [-0.15, -0.1) is 0 Å². The van der Waals surface area contributed by atoms with Gasteiger partial charge in [-0.1, -0.05) is 6.92 Å². The molecule has 100 valence electrons. The van der Waals surface area contributed by atoms with Crippen LogP contribution < -0.4 is 10.6 Å². The maximum Gasteiger partial charge on any atom is 0.230 e. The van der Waals surface area contributed by atoms with Crippen LogP contribution in [-0.4, -0.2) is 29.2 Å². The van der Waals surface area contributed by atoms with Gasteiger partial charge in [0, 0.05) is 16.5 Å². The van der Waals surface area contributed by atoms with Crippen molar-refractivity contribution in [3.63, 3.8) is 0 Å². The number of carbonyl (C=O) groups is 1. The summed E-state index contributed by atoms with van der Waals surface area (Å²) in [6, 6.07) is 5.78. The molecule has 3 rings (SSSR count). The van der Waals surface area contributed by atoms with Gasteiger partial charge in [-0.2, -0.15) is 5.10 Å². The summed E-state index contributed by atoms with van der Waals surface area (Å²) in [5, 5.41) is 14.2. The van der Waals surface area contributed by atoms with Crippen LogP contribution in [0.5, 0.6) is 0 Å². The number of aromatic amines is 1. The lowest BCUT2D eigenvalue weighted by Gasteiger charge is -2.32. The average Bonchev–Trinajstić information content (AvgIpc) is 2.87. The molecular weight excluding hydrogens is 240 g/mol. The highest BCUT2D eigenvalue weighted by Gasteiger charge is 2.34. The number of carbonyl (C=O) groups excluding carboxylic acids is 1. The van der Waals surface area contributed by atoms with Gasteiger partial charge in [0.25, 0.3) is 0 Å². The molecule has 2 heterocycles. The van der Waals surface area contributed by atoms with E-state index < -0.39 is 0 Å². The second-order valence-corrected chi connectivity index (χ2v) is 5.44. The molecule has 1 aromatic carbocycles. The van der Waals surface area contributed by atoms with E-state index in [-0.39, 0.29) is 11.3 Å². The second kappa shape index (κ2) is 4.66. The second-order valence-electron chi connectivity index (χ2n) is 5.44. The molecule has 0 radical (unpaired) electrons. The Balaban J connectivity index is 1.78. The van der Waals surface area contributed by atoms with E-state index in [1.54, 1.807) is 6.20 Å². The van der Waals surface area contributed by atoms with Crippen molar-refractivity contribution in [2.45, 2.75) is 19.8 Å². The molecule has 5 nitrogen and oxygen atoms in total. The minimum Gasteiger partial charge on any atom is -0.326 e. The molecular formula is C14H18N4O. The zero-order valence-electron chi connectivity index (χ0n) is 11.0. The predicted molar refractivity (Wildman–Crippen MR) is 74.9 cm³/mol. The zero-order chi connectivity index (χ0) is 13.3. The molecule has 1 amide bonds. The average molecular weight is 258 g/mol. The topological polar surface area (TPSA) is 69.8 Å². The van der Waals surface area contributed by atoms with Gasteiger partial charge in [-0.05, 0) is 44.1 Å². The van der Waals surface area contributed by atoms with Crippen molar-refractivity contribution in [3.8, 4) is 0 Å². The zero-order valence-corrected chi connectivity index (χ0v) is 11.0. The van der Waals surface area contributed by atoms with Crippen LogP contribution in [0.25, 0.3) is 10.9 Å². The van der Waals surface area contributed by atoms with Crippen molar-refractivity contribution in [2.75, 3.05) is 18.4 Å². The molecule has 3 N–H and O–H groups in total. The minimum atomic E-state index is -0.267. The molecule has 1 aromatic heterocycles. The summed E-state index contributed by atoms with van der Waals surface area (Å²) < 4.78 is 0. The Kier molecular flexibility index (Phi) is 2.98. The van der Waals surface area contributed by atoms with Crippen molar-refractivity contribution >= 4 is 22.5 Å². The fourth-order valence-corrected chi connectivity index (χ4v) is 2.51. The van der Waals surface area contributed by atoms with Gasteiger partial charge in [-0.3, -0.25) is 9.89 Å². The van der Waals surface area contributed by atoms with Crippen molar-refractivity contribution < 1.29 is 4.79 Å². The number of H-pyrrole nitrogens is 1. The van der Waals surface area contributed by atoms with Crippen LogP contribution in [0.4, 0.5) is 5.69 Å². The largest absolute Gasteiger partial charge is 0.326 e. The number of benzene rings is 1. The Bertz CT molecular complexity index is 598. The number of rotatable bonds is 2. The first-order valence-corrected chi connectivity index (χ1v) is 6.63. The smallest absolute Gasteiger partial charge is 0.230 e. The first-order valence-electron chi connectivity index (χ1n) is 6.63. The Morgan fingerprint density at radius 3 is 2.95 bits per heavy atom. The highest BCUT2D eigenvalue weighted by molar-refractivity contribution is 5.97. The number of aromatic nitrogens is 2. The third-order valence-corrected chi connectivity index (χ3v) is 3.95. The summed E-state index contributed by atoms with van der Waals surface area (Å²) in [5.41, 5.74) is 1.54. The van der Waals surface area contributed by atoms with Crippen LogP contribution in [0, 0.1) is 5.41 Å². The van der Waals surface area contributed by atoms with Crippen LogP contribution >= 0.6 is 0 Å². The van der Waals surface area contributed by atoms with Gasteiger partial charge in [0.15, 0.2) is 0 Å². The van der Waals surface area contributed by atoms with E-state index in [0.717, 1.165) is 42.5 Å². The summed E-state index contributed by atoms with van der Waals surface area (Å²) >= 11 is 0. The maximum atomic E-state index is 12.4. The number of anilines is 1. The van der Waals surface area contributed by atoms with Gasteiger partial charge in [0.1, 0.15) is 0 Å². The number of nitrogens with one attached hydrogen (secondary N) is 3. The van der Waals surface area contributed by atoms with Crippen molar-refractivity contribution in [1.29, 1.82) is 0 Å². The highest BCUT2D eigenvalue weighted by atomic mass is 16.2. The van der Waals surface area contributed by atoms with Gasteiger partial charge >= 0.3 is 0 Å². The molecule has 2 aromatic rings. The Morgan fingerprint density at radius 1 is 1.37 bits per heavy atom. The minimum absolute atomic E-state index is 0.108. The lowest BCUT2D eigenvalue weighted by Crippen LogP contribution is -2.42. The lowest BCUT2D eigenvalue weighted by atomic mass is 9.80. The van der Waals surface area contributed by atoms with E-state index in [9.17, 15) is 4.79 Å². The molecule has 19 heavy (non-hydrogen) atoms. The van der Waals surface area contributed by atoms with Gasteiger partial charge in [-0.25, -0.2) is 0 Å². The van der Waals surface area contributed by atoms with E-state index in [1.807, 2.05) is 25.1 Å². The number of hydrogen-bond acceptors (Lipinski definition) is 3. The molecule has 5 heteroatoms. The van der Waals surface area contributed by atoms with E-state index >= 15 is 0 Å². The number of fused-ring (bicyclic) bond motifs is 1. The summed E-state index contributed by atoms with van der Waals surface area (Å²) in [6.45, 7) is 3.86. The van der Waals surface area contributed by atoms with Crippen molar-refractivity contribution in [1.82, 2.24) is 15.5 Å². The number of piperidine rings is 1. The normalized spacial score (nSPS) is 18.4. The molecule has 0 atom stereocenters. The molecule has 0 unspecified atom stereocenters. The molecule has 0 bridgehead atoms. The van der Waals surface area contributed by atoms with Crippen LogP contribution in [0.2, 0.25) is 0 Å². The standard InChI is InChI=1S/C14H18N4O/c1-14(4-6-15-7-5-14)13(19)17-11-2-3-12-10(8-11)9-16-18-12/h2-3,8-9,15H,4-7H2,1H3,(H,16,18)(H,17,19). The van der Waals surface area contributed by atoms with E-state index in [1.165, 1.54) is 0 Å². The van der Waals surface area contributed by atoms with Gasteiger partial charge < -0.3 is 10.6 Å². The Labute approximate surface area is 111 Å². The van der Waals surface area contributed by atoms with Crippen LogP contribution in [0.15, 0.2) is 24.4 Å². The van der Waals surface area contributed by atoms with Crippen molar-refractivity contribution in [2.24, 2.45) is 5.41 Å². The predicted octanol–water partition coefficient (Wildman–Crippen LogP) is 1.89. The summed E-state index contributed by atoms with van der Waals surface area (Å²) in [7, 11) is 0. The molecule has 0 saturated carbocycles. The fourth-order valence-electron chi connectivity index (χ4n) is 2.51. The summed E-state index contributed by atoms with van der Waals surface area (Å²) in [4.78, 5) is 12.4. The monoisotopic (exact) mass is 258 g/mol. The van der Waals surface area contributed by atoms with E-state index in [4.69, 9.17) is 0 Å². The first kappa shape index (κ1) is 12.2.